The van der Waals surface area contributed by atoms with Crippen LogP contribution in [0.2, 0.25) is 0 Å². The average Bonchev–Trinajstić information content (AvgIpc) is 2.66. The highest BCUT2D eigenvalue weighted by molar-refractivity contribution is 5.79. The molecule has 1 atom stereocenters. The summed E-state index contributed by atoms with van der Waals surface area (Å²) >= 11 is 0. The fourth-order valence-corrected chi connectivity index (χ4v) is 2.15. The van der Waals surface area contributed by atoms with E-state index in [0.717, 1.165) is 19.5 Å². The molecule has 1 unspecified atom stereocenters. The maximum Gasteiger partial charge on any atom is 0.134 e. The quantitative estimate of drug-likeness (QED) is 0.735. The lowest BCUT2D eigenvalue weighted by molar-refractivity contribution is -0.120. The van der Waals surface area contributed by atoms with Gasteiger partial charge in [0.1, 0.15) is 5.78 Å². The van der Waals surface area contributed by atoms with E-state index in [-0.39, 0.29) is 5.92 Å². The van der Waals surface area contributed by atoms with E-state index in [1.165, 1.54) is 11.3 Å². The Kier molecular flexibility index (Phi) is 2.76. The van der Waals surface area contributed by atoms with Gasteiger partial charge in [-0.3, -0.25) is 4.79 Å². The smallest absolute Gasteiger partial charge is 0.134 e. The molecule has 0 aromatic heterocycles. The van der Waals surface area contributed by atoms with Crippen LogP contribution in [0.3, 0.4) is 0 Å². The number of aryl methyl sites for hydroxylation is 1. The van der Waals surface area contributed by atoms with E-state index in [1.807, 2.05) is 0 Å². The number of Topliss-reactive ketones (excluding diaryl/α,β-unsaturated/α-hetero) is 1. The number of nitrogens with zero attached hydrogens (tertiary/aromatic N) is 1. The van der Waals surface area contributed by atoms with Gasteiger partial charge in [-0.05, 0) is 38.0 Å². The number of ketones is 1. The zero-order chi connectivity index (χ0) is 10.8. The Morgan fingerprint density at radius 2 is 2.27 bits per heavy atom. The molecule has 15 heavy (non-hydrogen) atoms. The minimum Gasteiger partial charge on any atom is -0.371 e. The van der Waals surface area contributed by atoms with Crippen LogP contribution in [0.1, 0.15) is 18.9 Å². The summed E-state index contributed by atoms with van der Waals surface area (Å²) in [4.78, 5) is 13.6. The fraction of sp³-hybridized carbons (Fsp3) is 0.462. The normalized spacial score (nSPS) is 20.7. The molecule has 0 saturated carbocycles. The summed E-state index contributed by atoms with van der Waals surface area (Å²) in [5, 5.41) is 0. The van der Waals surface area contributed by atoms with Gasteiger partial charge in [-0.15, -0.1) is 0 Å². The molecular formula is C13H17NO. The first kappa shape index (κ1) is 10.2. The Morgan fingerprint density at radius 1 is 1.47 bits per heavy atom. The first-order chi connectivity index (χ1) is 7.16. The molecule has 1 aromatic carbocycles. The van der Waals surface area contributed by atoms with Crippen LogP contribution in [0.15, 0.2) is 24.3 Å². The Balaban J connectivity index is 2.11. The van der Waals surface area contributed by atoms with Gasteiger partial charge < -0.3 is 4.90 Å². The lowest BCUT2D eigenvalue weighted by atomic mass is 10.1. The van der Waals surface area contributed by atoms with Gasteiger partial charge in [0, 0.05) is 24.7 Å². The molecule has 0 spiro atoms. The van der Waals surface area contributed by atoms with Crippen LogP contribution in [0.25, 0.3) is 0 Å². The zero-order valence-electron chi connectivity index (χ0n) is 9.36. The molecule has 80 valence electrons. The van der Waals surface area contributed by atoms with E-state index in [4.69, 9.17) is 0 Å². The van der Waals surface area contributed by atoms with Crippen molar-refractivity contribution in [3.8, 4) is 0 Å². The van der Waals surface area contributed by atoms with Crippen molar-refractivity contribution in [2.75, 3.05) is 18.0 Å². The maximum absolute atomic E-state index is 11.3. The highest BCUT2D eigenvalue weighted by Crippen LogP contribution is 2.24. The molecule has 2 heteroatoms. The second-order valence-electron chi connectivity index (χ2n) is 4.38. The Bertz CT molecular complexity index is 373. The van der Waals surface area contributed by atoms with Crippen molar-refractivity contribution >= 4 is 11.5 Å². The molecule has 1 aromatic rings. The highest BCUT2D eigenvalue weighted by atomic mass is 16.1. The molecule has 0 bridgehead atoms. The maximum atomic E-state index is 11.3. The average molecular weight is 203 g/mol. The number of anilines is 1. The summed E-state index contributed by atoms with van der Waals surface area (Å²) in [5.41, 5.74) is 2.53. The first-order valence-corrected chi connectivity index (χ1v) is 5.49. The fourth-order valence-electron chi connectivity index (χ4n) is 2.15. The van der Waals surface area contributed by atoms with Crippen molar-refractivity contribution in [2.45, 2.75) is 20.3 Å². The van der Waals surface area contributed by atoms with Gasteiger partial charge in [0.25, 0.3) is 0 Å². The van der Waals surface area contributed by atoms with Crippen LogP contribution in [-0.4, -0.2) is 18.9 Å². The Labute approximate surface area is 90.9 Å². The van der Waals surface area contributed by atoms with Crippen LogP contribution < -0.4 is 4.90 Å². The van der Waals surface area contributed by atoms with Crippen LogP contribution in [0, 0.1) is 12.8 Å². The van der Waals surface area contributed by atoms with Crippen molar-refractivity contribution in [1.29, 1.82) is 0 Å². The van der Waals surface area contributed by atoms with E-state index in [9.17, 15) is 4.79 Å². The second kappa shape index (κ2) is 4.05. The molecule has 2 nitrogen and oxygen atoms in total. The molecular weight excluding hydrogens is 186 g/mol. The molecule has 1 aliphatic heterocycles. The molecule has 2 rings (SSSR count). The van der Waals surface area contributed by atoms with Gasteiger partial charge >= 0.3 is 0 Å². The van der Waals surface area contributed by atoms with Gasteiger partial charge in [-0.2, -0.15) is 0 Å². The van der Waals surface area contributed by atoms with E-state index < -0.39 is 0 Å². The molecule has 0 N–H and O–H groups in total. The Morgan fingerprint density at radius 3 is 2.87 bits per heavy atom. The molecule has 0 amide bonds. The number of carbonyl (C=O) groups excluding carboxylic acids is 1. The monoisotopic (exact) mass is 203 g/mol. The lowest BCUT2D eigenvalue weighted by Crippen LogP contribution is -2.21. The molecule has 1 fully saturated rings. The molecule has 0 aliphatic carbocycles. The second-order valence-corrected chi connectivity index (χ2v) is 4.38. The molecule has 1 saturated heterocycles. The third kappa shape index (κ3) is 2.20. The highest BCUT2D eigenvalue weighted by Gasteiger charge is 2.25. The third-order valence-electron chi connectivity index (χ3n) is 3.13. The Hall–Kier alpha value is -1.31. The third-order valence-corrected chi connectivity index (χ3v) is 3.13. The van der Waals surface area contributed by atoms with Crippen molar-refractivity contribution in [1.82, 2.24) is 0 Å². The predicted octanol–water partition coefficient (Wildman–Crippen LogP) is 2.41. The van der Waals surface area contributed by atoms with Crippen molar-refractivity contribution in [3.63, 3.8) is 0 Å². The molecule has 1 aliphatic rings. The van der Waals surface area contributed by atoms with Gasteiger partial charge in [0.15, 0.2) is 0 Å². The summed E-state index contributed by atoms with van der Waals surface area (Å²) in [6.07, 6.45) is 1.00. The number of rotatable bonds is 2. The molecule has 0 radical (unpaired) electrons. The van der Waals surface area contributed by atoms with Gasteiger partial charge in [-0.25, -0.2) is 0 Å². The van der Waals surface area contributed by atoms with E-state index in [1.54, 1.807) is 6.92 Å². The molecule has 1 heterocycles. The van der Waals surface area contributed by atoms with E-state index in [2.05, 4.69) is 36.1 Å². The van der Waals surface area contributed by atoms with E-state index in [0.29, 0.717) is 5.78 Å². The van der Waals surface area contributed by atoms with Crippen molar-refractivity contribution in [3.05, 3.63) is 29.8 Å². The summed E-state index contributed by atoms with van der Waals surface area (Å²) in [6.45, 7) is 5.69. The number of hydrogen-bond acceptors (Lipinski definition) is 2. The van der Waals surface area contributed by atoms with Gasteiger partial charge in [0.05, 0.1) is 0 Å². The minimum atomic E-state index is 0.241. The van der Waals surface area contributed by atoms with Gasteiger partial charge in [0.2, 0.25) is 0 Å². The number of benzene rings is 1. The van der Waals surface area contributed by atoms with Crippen LogP contribution in [0.4, 0.5) is 5.69 Å². The summed E-state index contributed by atoms with van der Waals surface area (Å²) < 4.78 is 0. The largest absolute Gasteiger partial charge is 0.371 e. The minimum absolute atomic E-state index is 0.241. The van der Waals surface area contributed by atoms with Crippen LogP contribution in [-0.2, 0) is 4.79 Å². The van der Waals surface area contributed by atoms with E-state index >= 15 is 0 Å². The summed E-state index contributed by atoms with van der Waals surface area (Å²) in [7, 11) is 0. The number of hydrogen-bond donors (Lipinski definition) is 0. The predicted molar refractivity (Wildman–Crippen MR) is 62.2 cm³/mol. The van der Waals surface area contributed by atoms with Crippen molar-refractivity contribution in [2.24, 2.45) is 5.92 Å². The summed E-state index contributed by atoms with van der Waals surface area (Å²) in [6, 6.07) is 8.48. The van der Waals surface area contributed by atoms with Gasteiger partial charge in [-0.1, -0.05) is 12.1 Å². The topological polar surface area (TPSA) is 20.3 Å². The van der Waals surface area contributed by atoms with Crippen LogP contribution in [0.5, 0.6) is 0 Å². The number of carbonyl (C=O) groups is 1. The first-order valence-electron chi connectivity index (χ1n) is 5.49. The SMILES string of the molecule is CC(=O)C1CCN(c2cccc(C)c2)C1. The van der Waals surface area contributed by atoms with Crippen molar-refractivity contribution < 1.29 is 4.79 Å². The summed E-state index contributed by atoms with van der Waals surface area (Å²) in [5.74, 6) is 0.565. The lowest BCUT2D eigenvalue weighted by Gasteiger charge is -2.18. The van der Waals surface area contributed by atoms with Crippen LogP contribution >= 0.6 is 0 Å². The zero-order valence-corrected chi connectivity index (χ0v) is 9.36. The standard InChI is InChI=1S/C13H17NO/c1-10-4-3-5-13(8-10)14-7-6-12(9-14)11(2)15/h3-5,8,12H,6-7,9H2,1-2H3.